The van der Waals surface area contributed by atoms with E-state index in [1.54, 1.807) is 24.1 Å². The number of aromatic hydroxyl groups is 1. The van der Waals surface area contributed by atoms with Gasteiger partial charge < -0.3 is 20.1 Å². The molecular formula is C24H25N3O6S. The normalized spacial score (nSPS) is 16.3. The fourth-order valence-electron chi connectivity index (χ4n) is 4.21. The van der Waals surface area contributed by atoms with E-state index in [0.717, 1.165) is 29.0 Å². The van der Waals surface area contributed by atoms with Crippen LogP contribution in [0, 0.1) is 5.92 Å². The smallest absolute Gasteiger partial charge is 0.254 e. The van der Waals surface area contributed by atoms with Crippen molar-refractivity contribution in [2.24, 2.45) is 11.1 Å². The van der Waals surface area contributed by atoms with Gasteiger partial charge in [0, 0.05) is 24.0 Å². The zero-order chi connectivity index (χ0) is 24.5. The topological polar surface area (TPSA) is 139 Å². The lowest BCUT2D eigenvalue weighted by Crippen LogP contribution is -2.43. The summed E-state index contributed by atoms with van der Waals surface area (Å²) in [4.78, 5) is 27.7. The number of nitrogens with two attached hydrogens (primary N) is 1. The Kier molecular flexibility index (Phi) is 6.45. The molecule has 3 aromatic rings. The number of primary sulfonamides is 1. The van der Waals surface area contributed by atoms with Crippen molar-refractivity contribution < 1.29 is 27.9 Å². The Labute approximate surface area is 197 Å². The molecule has 0 aromatic heterocycles. The predicted molar refractivity (Wildman–Crippen MR) is 127 cm³/mol. The van der Waals surface area contributed by atoms with E-state index in [0.29, 0.717) is 30.7 Å². The minimum absolute atomic E-state index is 0.0545. The van der Waals surface area contributed by atoms with Crippen LogP contribution in [0.3, 0.4) is 0 Å². The Morgan fingerprint density at radius 1 is 1.12 bits per heavy atom. The summed E-state index contributed by atoms with van der Waals surface area (Å²) < 4.78 is 28.6. The highest BCUT2D eigenvalue weighted by atomic mass is 32.2. The number of hydrogen-bond acceptors (Lipinski definition) is 6. The molecule has 178 valence electrons. The second-order valence-electron chi connectivity index (χ2n) is 8.16. The number of benzene rings is 3. The molecule has 1 heterocycles. The van der Waals surface area contributed by atoms with Crippen molar-refractivity contribution in [3.05, 3.63) is 60.2 Å². The number of carbonyl (C=O) groups is 2. The van der Waals surface area contributed by atoms with Crippen LogP contribution < -0.4 is 15.2 Å². The Morgan fingerprint density at radius 2 is 1.85 bits per heavy atom. The van der Waals surface area contributed by atoms with E-state index < -0.39 is 21.8 Å². The van der Waals surface area contributed by atoms with Crippen molar-refractivity contribution in [1.82, 2.24) is 4.90 Å². The molecule has 34 heavy (non-hydrogen) atoms. The molecule has 1 aliphatic rings. The van der Waals surface area contributed by atoms with Gasteiger partial charge in [-0.2, -0.15) is 0 Å². The fraction of sp³-hybridized carbons (Fsp3) is 0.250. The standard InChI is InChI=1S/C24H25N3O6S/c1-33-22-11-9-19(17-6-2-3-7-18(17)22)24(30)27-12-4-5-15(14-27)23(29)26-20-13-16(34(25,31)32)8-10-21(20)28/h2-3,6-11,13,15,28H,4-5,12,14H2,1H3,(H,26,29)(H2,25,31,32). The lowest BCUT2D eigenvalue weighted by Gasteiger charge is -2.32. The quantitative estimate of drug-likeness (QED) is 0.477. The largest absolute Gasteiger partial charge is 0.506 e. The predicted octanol–water partition coefficient (Wildman–Crippen LogP) is 2.69. The van der Waals surface area contributed by atoms with Gasteiger partial charge in [0.25, 0.3) is 5.91 Å². The van der Waals surface area contributed by atoms with Gasteiger partial charge in [-0.3, -0.25) is 9.59 Å². The zero-order valence-electron chi connectivity index (χ0n) is 18.5. The molecule has 1 aliphatic heterocycles. The number of nitrogens with zero attached hydrogens (tertiary/aromatic N) is 1. The van der Waals surface area contributed by atoms with Crippen LogP contribution in [0.5, 0.6) is 11.5 Å². The van der Waals surface area contributed by atoms with Crippen LogP contribution in [-0.2, 0) is 14.8 Å². The summed E-state index contributed by atoms with van der Waals surface area (Å²) in [7, 11) is -2.42. The van der Waals surface area contributed by atoms with Crippen LogP contribution in [0.15, 0.2) is 59.5 Å². The van der Waals surface area contributed by atoms with E-state index in [-0.39, 0.29) is 28.8 Å². The molecule has 0 bridgehead atoms. The first-order valence-electron chi connectivity index (χ1n) is 10.7. The highest BCUT2D eigenvalue weighted by Crippen LogP contribution is 2.31. The van der Waals surface area contributed by atoms with Gasteiger partial charge in [-0.05, 0) is 48.6 Å². The molecule has 1 fully saturated rings. The number of phenolic OH excluding ortho intramolecular Hbond substituents is 1. The van der Waals surface area contributed by atoms with Crippen LogP contribution in [0.2, 0.25) is 0 Å². The highest BCUT2D eigenvalue weighted by molar-refractivity contribution is 7.89. The maximum atomic E-state index is 13.4. The lowest BCUT2D eigenvalue weighted by molar-refractivity contribution is -0.121. The third-order valence-corrected chi connectivity index (χ3v) is 6.88. The molecule has 10 heteroatoms. The van der Waals surface area contributed by atoms with E-state index in [2.05, 4.69) is 5.32 Å². The molecule has 4 rings (SSSR count). The Balaban J connectivity index is 1.54. The first kappa shape index (κ1) is 23.5. The van der Waals surface area contributed by atoms with Gasteiger partial charge >= 0.3 is 0 Å². The van der Waals surface area contributed by atoms with Gasteiger partial charge in [-0.15, -0.1) is 0 Å². The molecular weight excluding hydrogens is 458 g/mol. The molecule has 3 aromatic carbocycles. The van der Waals surface area contributed by atoms with Gasteiger partial charge in [0.1, 0.15) is 11.5 Å². The molecule has 0 radical (unpaired) electrons. The first-order chi connectivity index (χ1) is 16.2. The summed E-state index contributed by atoms with van der Waals surface area (Å²) in [6, 6.07) is 14.4. The number of rotatable bonds is 5. The van der Waals surface area contributed by atoms with Crippen molar-refractivity contribution >= 4 is 38.3 Å². The van der Waals surface area contributed by atoms with Gasteiger partial charge in [-0.1, -0.05) is 24.3 Å². The number of anilines is 1. The summed E-state index contributed by atoms with van der Waals surface area (Å²) in [6.07, 6.45) is 1.18. The van der Waals surface area contributed by atoms with E-state index in [4.69, 9.17) is 9.88 Å². The third kappa shape index (κ3) is 4.68. The van der Waals surface area contributed by atoms with Crippen LogP contribution in [-0.4, -0.2) is 50.4 Å². The summed E-state index contributed by atoms with van der Waals surface area (Å²) in [5.41, 5.74) is 0.470. The zero-order valence-corrected chi connectivity index (χ0v) is 19.3. The van der Waals surface area contributed by atoms with Crippen molar-refractivity contribution in [1.29, 1.82) is 0 Å². The maximum absolute atomic E-state index is 13.4. The minimum Gasteiger partial charge on any atom is -0.506 e. The van der Waals surface area contributed by atoms with Crippen molar-refractivity contribution in [3.63, 3.8) is 0 Å². The van der Waals surface area contributed by atoms with Crippen LogP contribution in [0.1, 0.15) is 23.2 Å². The Hall–Kier alpha value is -3.63. The number of nitrogens with one attached hydrogen (secondary N) is 1. The molecule has 1 unspecified atom stereocenters. The molecule has 1 saturated heterocycles. The maximum Gasteiger partial charge on any atom is 0.254 e. The van der Waals surface area contributed by atoms with E-state index in [1.165, 1.54) is 0 Å². The number of likely N-dealkylation sites (tertiary alicyclic amines) is 1. The van der Waals surface area contributed by atoms with Gasteiger partial charge in [0.15, 0.2) is 0 Å². The monoisotopic (exact) mass is 483 g/mol. The average Bonchev–Trinajstić information content (AvgIpc) is 2.83. The summed E-state index contributed by atoms with van der Waals surface area (Å²) >= 11 is 0. The second-order valence-corrected chi connectivity index (χ2v) is 9.73. The second kappa shape index (κ2) is 9.32. The number of piperidine rings is 1. The van der Waals surface area contributed by atoms with Crippen LogP contribution in [0.4, 0.5) is 5.69 Å². The number of phenols is 1. The van der Waals surface area contributed by atoms with Crippen molar-refractivity contribution in [2.45, 2.75) is 17.7 Å². The van der Waals surface area contributed by atoms with Gasteiger partial charge in [0.2, 0.25) is 15.9 Å². The number of amides is 2. The number of sulfonamides is 1. The Bertz CT molecular complexity index is 1370. The number of hydrogen-bond donors (Lipinski definition) is 3. The van der Waals surface area contributed by atoms with Gasteiger partial charge in [0.05, 0.1) is 23.6 Å². The van der Waals surface area contributed by atoms with Crippen molar-refractivity contribution in [3.8, 4) is 11.5 Å². The SMILES string of the molecule is COc1ccc(C(=O)N2CCCC(C(=O)Nc3cc(S(N)(=O)=O)ccc3O)C2)c2ccccc12. The molecule has 9 nitrogen and oxygen atoms in total. The van der Waals surface area contributed by atoms with Crippen molar-refractivity contribution in [2.75, 3.05) is 25.5 Å². The van der Waals surface area contributed by atoms with Crippen LogP contribution in [0.25, 0.3) is 10.8 Å². The number of fused-ring (bicyclic) bond motifs is 1. The number of carbonyl (C=O) groups excluding carboxylic acids is 2. The third-order valence-electron chi connectivity index (χ3n) is 5.97. The van der Waals surface area contributed by atoms with E-state index in [1.807, 2.05) is 24.3 Å². The van der Waals surface area contributed by atoms with Crippen LogP contribution >= 0.6 is 0 Å². The number of methoxy groups -OCH3 is 1. The number of ether oxygens (including phenoxy) is 1. The highest BCUT2D eigenvalue weighted by Gasteiger charge is 2.30. The summed E-state index contributed by atoms with van der Waals surface area (Å²) in [5, 5.41) is 19.4. The average molecular weight is 484 g/mol. The lowest BCUT2D eigenvalue weighted by atomic mass is 9.95. The Morgan fingerprint density at radius 3 is 2.56 bits per heavy atom. The molecule has 0 saturated carbocycles. The molecule has 4 N–H and O–H groups in total. The van der Waals surface area contributed by atoms with E-state index in [9.17, 15) is 23.1 Å². The molecule has 0 aliphatic carbocycles. The fourth-order valence-corrected chi connectivity index (χ4v) is 4.75. The molecule has 2 amide bonds. The van der Waals surface area contributed by atoms with E-state index >= 15 is 0 Å². The summed E-state index contributed by atoms with van der Waals surface area (Å²) in [6.45, 7) is 0.704. The first-order valence-corrected chi connectivity index (χ1v) is 12.3. The molecule has 0 spiro atoms. The molecule has 1 atom stereocenters. The van der Waals surface area contributed by atoms with Gasteiger partial charge in [-0.25, -0.2) is 13.6 Å². The summed E-state index contributed by atoms with van der Waals surface area (Å²) in [5.74, 6) is -0.743. The minimum atomic E-state index is -4.00.